The molecule has 2 atom stereocenters. The van der Waals surface area contributed by atoms with E-state index in [1.165, 1.54) is 19.3 Å². The summed E-state index contributed by atoms with van der Waals surface area (Å²) in [6.45, 7) is 15.9. The molecule has 0 spiro atoms. The monoisotopic (exact) mass is 625 g/mol. The van der Waals surface area contributed by atoms with Crippen LogP contribution < -0.4 is 14.2 Å². The highest BCUT2D eigenvalue weighted by Gasteiger charge is 2.33. The Bertz CT molecular complexity index is 1550. The number of benzene rings is 3. The van der Waals surface area contributed by atoms with Crippen molar-refractivity contribution in [1.29, 1.82) is 0 Å². The van der Waals surface area contributed by atoms with Crippen molar-refractivity contribution in [3.8, 4) is 17.2 Å². The third-order valence-electron chi connectivity index (χ3n) is 9.19. The lowest BCUT2D eigenvalue weighted by molar-refractivity contribution is -0.144. The Morgan fingerprint density at radius 2 is 1.61 bits per heavy atom. The van der Waals surface area contributed by atoms with E-state index in [0.717, 1.165) is 64.5 Å². The molecule has 244 valence electrons. The fourth-order valence-corrected chi connectivity index (χ4v) is 6.03. The van der Waals surface area contributed by atoms with Crippen LogP contribution >= 0.6 is 0 Å². The van der Waals surface area contributed by atoms with Crippen molar-refractivity contribution in [3.05, 3.63) is 89.0 Å². The molecule has 0 aromatic heterocycles. The summed E-state index contributed by atoms with van der Waals surface area (Å²) in [7, 11) is 0. The zero-order valence-corrected chi connectivity index (χ0v) is 28.1. The minimum absolute atomic E-state index is 0.282. The fraction of sp³-hybridized carbons (Fsp3) is 0.436. The van der Waals surface area contributed by atoms with E-state index in [-0.39, 0.29) is 5.97 Å². The Balaban J connectivity index is 1.46. The average molecular weight is 626 g/mol. The van der Waals surface area contributed by atoms with Crippen molar-refractivity contribution in [2.45, 2.75) is 78.9 Å². The van der Waals surface area contributed by atoms with Gasteiger partial charge >= 0.3 is 5.97 Å². The van der Waals surface area contributed by atoms with Crippen LogP contribution in [0.25, 0.3) is 11.1 Å². The molecule has 7 heteroatoms. The zero-order valence-electron chi connectivity index (χ0n) is 28.1. The number of esters is 1. The van der Waals surface area contributed by atoms with Crippen molar-refractivity contribution in [1.82, 2.24) is 4.90 Å². The van der Waals surface area contributed by atoms with Gasteiger partial charge in [-0.15, -0.1) is 0 Å². The molecule has 1 fully saturated rings. The van der Waals surface area contributed by atoms with Gasteiger partial charge in [-0.25, -0.2) is 0 Å². The Kier molecular flexibility index (Phi) is 10.2. The number of likely N-dealkylation sites (tertiary alicyclic amines) is 1. The van der Waals surface area contributed by atoms with E-state index in [1.807, 2.05) is 89.2 Å². The maximum absolute atomic E-state index is 12.5. The molecule has 0 N–H and O–H groups in total. The highest BCUT2D eigenvalue weighted by molar-refractivity contribution is 5.95. The molecule has 1 saturated heterocycles. The molecule has 0 saturated carbocycles. The quantitative estimate of drug-likeness (QED) is 0.120. The molecule has 2 heterocycles. The lowest BCUT2D eigenvalue weighted by Gasteiger charge is -2.33. The molecule has 0 amide bonds. The second-order valence-corrected chi connectivity index (χ2v) is 13.5. The van der Waals surface area contributed by atoms with E-state index in [4.69, 9.17) is 18.9 Å². The second kappa shape index (κ2) is 14.1. The number of carbonyl (C=O) groups excluding carboxylic acids is 2. The summed E-state index contributed by atoms with van der Waals surface area (Å²) in [4.78, 5) is 26.3. The smallest absolute Gasteiger partial charge is 0.316 e. The van der Waals surface area contributed by atoms with Crippen LogP contribution in [0.5, 0.6) is 17.2 Å². The lowest BCUT2D eigenvalue weighted by atomic mass is 9.84. The van der Waals surface area contributed by atoms with E-state index < -0.39 is 17.1 Å². The minimum atomic E-state index is -0.763. The molecule has 3 aromatic rings. The predicted molar refractivity (Wildman–Crippen MR) is 181 cm³/mol. The standard InChI is InChI=1S/C39H47NO6/c1-7-39(6,44-26-41)30-15-20-33-27(2)35(28-11-18-32(19-12-28)45-37(42)38(3,4)5)36(46-34(33)25-30)29-13-16-31(17-14-29)43-24-23-40-21-9-8-10-22-40/h11-20,25-26,36H,7-10,21-24H2,1-6H3/t36-,39?/m0/s1. The molecule has 0 aliphatic carbocycles. The molecule has 3 aromatic carbocycles. The van der Waals surface area contributed by atoms with Crippen LogP contribution in [0.2, 0.25) is 0 Å². The number of fused-ring (bicyclic) bond motifs is 1. The van der Waals surface area contributed by atoms with Crippen molar-refractivity contribution in [3.63, 3.8) is 0 Å². The third-order valence-corrected chi connectivity index (χ3v) is 9.19. The molecular formula is C39H47NO6. The highest BCUT2D eigenvalue weighted by atomic mass is 16.5. The Labute approximate surface area is 273 Å². The average Bonchev–Trinajstić information content (AvgIpc) is 3.05. The maximum atomic E-state index is 12.5. The fourth-order valence-electron chi connectivity index (χ4n) is 6.03. The van der Waals surface area contributed by atoms with Gasteiger partial charge in [-0.1, -0.05) is 49.7 Å². The molecule has 2 aliphatic heterocycles. The molecule has 7 nitrogen and oxygen atoms in total. The van der Waals surface area contributed by atoms with Crippen molar-refractivity contribution in [2.75, 3.05) is 26.2 Å². The van der Waals surface area contributed by atoms with Crippen LogP contribution in [0, 0.1) is 5.41 Å². The number of hydrogen-bond donors (Lipinski definition) is 0. The third kappa shape index (κ3) is 7.47. The summed E-state index contributed by atoms with van der Waals surface area (Å²) in [6.07, 6.45) is 4.07. The van der Waals surface area contributed by atoms with Crippen molar-refractivity contribution >= 4 is 23.6 Å². The van der Waals surface area contributed by atoms with E-state index >= 15 is 0 Å². The Morgan fingerprint density at radius 1 is 0.935 bits per heavy atom. The number of nitrogens with zero attached hydrogens (tertiary/aromatic N) is 1. The van der Waals surface area contributed by atoms with E-state index in [9.17, 15) is 9.59 Å². The molecule has 0 radical (unpaired) electrons. The predicted octanol–water partition coefficient (Wildman–Crippen LogP) is 8.37. The number of ether oxygens (including phenoxy) is 4. The summed E-state index contributed by atoms with van der Waals surface area (Å²) in [5.41, 5.74) is 4.54. The Hall–Kier alpha value is -4.10. The van der Waals surface area contributed by atoms with Crippen LogP contribution in [-0.4, -0.2) is 43.6 Å². The van der Waals surface area contributed by atoms with E-state index in [0.29, 0.717) is 25.2 Å². The van der Waals surface area contributed by atoms with Crippen LogP contribution in [0.4, 0.5) is 0 Å². The summed E-state index contributed by atoms with van der Waals surface area (Å²) in [5.74, 6) is 1.78. The van der Waals surface area contributed by atoms with E-state index in [1.54, 1.807) is 0 Å². The second-order valence-electron chi connectivity index (χ2n) is 13.5. The normalized spacial score (nSPS) is 18.2. The molecule has 0 bridgehead atoms. The molecular weight excluding hydrogens is 578 g/mol. The zero-order chi connectivity index (χ0) is 32.9. The van der Waals surface area contributed by atoms with Gasteiger partial charge in [0, 0.05) is 17.7 Å². The molecule has 46 heavy (non-hydrogen) atoms. The summed E-state index contributed by atoms with van der Waals surface area (Å²) in [5, 5.41) is 0. The molecule has 1 unspecified atom stereocenters. The van der Waals surface area contributed by atoms with Gasteiger partial charge < -0.3 is 18.9 Å². The number of allylic oxidation sites excluding steroid dienone is 1. The number of hydrogen-bond acceptors (Lipinski definition) is 7. The largest absolute Gasteiger partial charge is 0.492 e. The van der Waals surface area contributed by atoms with Gasteiger partial charge in [0.05, 0.1) is 5.41 Å². The first-order chi connectivity index (χ1) is 22.0. The van der Waals surface area contributed by atoms with Gasteiger partial charge in [0.25, 0.3) is 6.47 Å². The minimum Gasteiger partial charge on any atom is -0.492 e. The summed E-state index contributed by atoms with van der Waals surface area (Å²) >= 11 is 0. The first-order valence-corrected chi connectivity index (χ1v) is 16.4. The van der Waals surface area contributed by atoms with E-state index in [2.05, 4.69) is 24.0 Å². The summed E-state index contributed by atoms with van der Waals surface area (Å²) < 4.78 is 24.1. The van der Waals surface area contributed by atoms with Crippen molar-refractivity contribution < 1.29 is 28.5 Å². The lowest BCUT2D eigenvalue weighted by Crippen LogP contribution is -2.33. The van der Waals surface area contributed by atoms with Gasteiger partial charge in [0.2, 0.25) is 0 Å². The summed E-state index contributed by atoms with van der Waals surface area (Å²) in [6, 6.07) is 21.8. The van der Waals surface area contributed by atoms with Gasteiger partial charge in [0.15, 0.2) is 0 Å². The maximum Gasteiger partial charge on any atom is 0.316 e. The van der Waals surface area contributed by atoms with Crippen LogP contribution in [0.1, 0.15) is 95.6 Å². The topological polar surface area (TPSA) is 74.3 Å². The molecule has 5 rings (SSSR count). The molecule has 2 aliphatic rings. The van der Waals surface area contributed by atoms with Crippen LogP contribution in [0.15, 0.2) is 66.7 Å². The number of piperidine rings is 1. The van der Waals surface area contributed by atoms with Gasteiger partial charge in [-0.2, -0.15) is 0 Å². The number of rotatable bonds is 11. The first-order valence-electron chi connectivity index (χ1n) is 16.4. The van der Waals surface area contributed by atoms with Gasteiger partial charge in [-0.3, -0.25) is 14.5 Å². The van der Waals surface area contributed by atoms with Crippen LogP contribution in [-0.2, 0) is 19.9 Å². The first kappa shape index (κ1) is 33.3. The highest BCUT2D eigenvalue weighted by Crippen LogP contribution is 2.48. The van der Waals surface area contributed by atoms with Gasteiger partial charge in [-0.05, 0) is 120 Å². The van der Waals surface area contributed by atoms with Crippen LogP contribution in [0.3, 0.4) is 0 Å². The van der Waals surface area contributed by atoms with Gasteiger partial charge in [0.1, 0.15) is 35.6 Å². The number of carbonyl (C=O) groups is 2. The SMILES string of the molecule is CCC(C)(OC=O)c1ccc2c(c1)O[C@@H](c1ccc(OCCN3CCCCC3)cc1)C(c1ccc(OC(=O)C(C)(C)C)cc1)=C2C. The Morgan fingerprint density at radius 3 is 2.24 bits per heavy atom. The van der Waals surface area contributed by atoms with Crippen molar-refractivity contribution in [2.24, 2.45) is 5.41 Å².